The molecule has 1 atom stereocenters. The number of carbonyl (C=O) groups excluding carboxylic acids is 1. The third-order valence-corrected chi connectivity index (χ3v) is 8.97. The number of carbonyl (C=O) groups is 1. The van der Waals surface area contributed by atoms with Crippen LogP contribution in [-0.2, 0) is 21.3 Å². The molecule has 0 saturated carbocycles. The Morgan fingerprint density at radius 1 is 1.07 bits per heavy atom. The first-order valence-corrected chi connectivity index (χ1v) is 15.2. The van der Waals surface area contributed by atoms with Crippen LogP contribution >= 0.6 is 0 Å². The summed E-state index contributed by atoms with van der Waals surface area (Å²) in [7, 11) is -0.00789. The van der Waals surface area contributed by atoms with E-state index in [4.69, 9.17) is 18.9 Å². The number of methoxy groups -OCH3 is 3. The number of rotatable bonds is 10. The van der Waals surface area contributed by atoms with Gasteiger partial charge in [0.25, 0.3) is 15.7 Å². The number of nitrogens with zero attached hydrogens (tertiary/aromatic N) is 4. The van der Waals surface area contributed by atoms with Gasteiger partial charge in [-0.25, -0.2) is 13.2 Å². The van der Waals surface area contributed by atoms with Crippen LogP contribution in [0, 0.1) is 10.1 Å². The second kappa shape index (κ2) is 13.1. The number of benzene rings is 2. The van der Waals surface area contributed by atoms with E-state index in [-0.39, 0.29) is 19.6 Å². The van der Waals surface area contributed by atoms with E-state index in [9.17, 15) is 23.3 Å². The van der Waals surface area contributed by atoms with Gasteiger partial charge in [0, 0.05) is 43.5 Å². The minimum Gasteiger partial charge on any atom is -0.493 e. The van der Waals surface area contributed by atoms with Gasteiger partial charge in [-0.2, -0.15) is 4.31 Å². The van der Waals surface area contributed by atoms with E-state index in [0.717, 1.165) is 6.07 Å². The number of pyridine rings is 1. The lowest BCUT2D eigenvalue weighted by Crippen LogP contribution is -2.43. The van der Waals surface area contributed by atoms with Gasteiger partial charge in [0.2, 0.25) is 5.75 Å². The zero-order valence-electron chi connectivity index (χ0n) is 25.5. The highest BCUT2D eigenvalue weighted by Gasteiger charge is 2.41. The van der Waals surface area contributed by atoms with Crippen molar-refractivity contribution in [3.63, 3.8) is 0 Å². The molecule has 3 aromatic rings. The van der Waals surface area contributed by atoms with Crippen LogP contribution in [0.15, 0.2) is 59.6 Å². The van der Waals surface area contributed by atoms with Crippen molar-refractivity contribution in [2.45, 2.75) is 50.3 Å². The minimum absolute atomic E-state index is 0.0363. The van der Waals surface area contributed by atoms with Crippen LogP contribution in [0.2, 0.25) is 0 Å². The maximum Gasteiger partial charge on any atom is 0.410 e. The standard InChI is InChI=1S/C30H36N4O9S/c1-30(2,3)43-29(35)32-15-13-22(19-32)33(44(38,39)26-12-8-7-11-23(26)34(36)37)18-20-10-9-14-31-27(20)21-16-24(40-4)28(42-6)25(17-21)41-5/h7-12,14,16-17,22H,13,15,18-19H2,1-6H3/t22-/m0/s1. The molecule has 1 amide bonds. The molecule has 1 aliphatic heterocycles. The Labute approximate surface area is 256 Å². The third kappa shape index (κ3) is 6.86. The lowest BCUT2D eigenvalue weighted by molar-refractivity contribution is -0.387. The molecule has 4 rings (SSSR count). The Bertz CT molecular complexity index is 1610. The normalized spacial score (nSPS) is 15.2. The Morgan fingerprint density at radius 2 is 1.73 bits per heavy atom. The molecular weight excluding hydrogens is 592 g/mol. The molecule has 2 aromatic carbocycles. The van der Waals surface area contributed by atoms with Crippen molar-refractivity contribution in [3.05, 3.63) is 70.4 Å². The van der Waals surface area contributed by atoms with Gasteiger partial charge in [-0.1, -0.05) is 18.2 Å². The van der Waals surface area contributed by atoms with Crippen LogP contribution in [0.1, 0.15) is 32.8 Å². The van der Waals surface area contributed by atoms with E-state index >= 15 is 0 Å². The molecule has 44 heavy (non-hydrogen) atoms. The van der Waals surface area contributed by atoms with Crippen LogP contribution in [0.5, 0.6) is 17.2 Å². The van der Waals surface area contributed by atoms with Crippen LogP contribution in [0.4, 0.5) is 10.5 Å². The average Bonchev–Trinajstić information content (AvgIpc) is 3.48. The molecule has 0 bridgehead atoms. The fourth-order valence-electron chi connectivity index (χ4n) is 5.04. The highest BCUT2D eigenvalue weighted by molar-refractivity contribution is 7.89. The van der Waals surface area contributed by atoms with Crippen molar-refractivity contribution >= 4 is 21.8 Å². The molecular formula is C30H36N4O9S. The molecule has 236 valence electrons. The molecule has 14 heteroatoms. The van der Waals surface area contributed by atoms with Crippen molar-refractivity contribution in [3.8, 4) is 28.5 Å². The van der Waals surface area contributed by atoms with E-state index < -0.39 is 43.3 Å². The first kappa shape index (κ1) is 32.5. The van der Waals surface area contributed by atoms with Crippen molar-refractivity contribution < 1.29 is 37.1 Å². The van der Waals surface area contributed by atoms with Crippen molar-refractivity contribution in [2.24, 2.45) is 0 Å². The van der Waals surface area contributed by atoms with Gasteiger partial charge in [-0.3, -0.25) is 15.1 Å². The van der Waals surface area contributed by atoms with Gasteiger partial charge in [-0.05, 0) is 57.0 Å². The fraction of sp³-hybridized carbons (Fsp3) is 0.400. The summed E-state index contributed by atoms with van der Waals surface area (Å²) in [5, 5.41) is 11.9. The highest BCUT2D eigenvalue weighted by atomic mass is 32.2. The van der Waals surface area contributed by atoms with Crippen molar-refractivity contribution in [1.29, 1.82) is 0 Å². The lowest BCUT2D eigenvalue weighted by Gasteiger charge is -2.29. The maximum atomic E-state index is 14.3. The Kier molecular flexibility index (Phi) is 9.64. The molecule has 1 saturated heterocycles. The van der Waals surface area contributed by atoms with Gasteiger partial charge >= 0.3 is 6.09 Å². The number of para-hydroxylation sites is 1. The van der Waals surface area contributed by atoms with Crippen LogP contribution in [0.3, 0.4) is 0 Å². The quantitative estimate of drug-likeness (QED) is 0.224. The van der Waals surface area contributed by atoms with Crippen molar-refractivity contribution in [1.82, 2.24) is 14.2 Å². The SMILES string of the molecule is COc1cc(-c2ncccc2CN([C@H]2CCN(C(=O)OC(C)(C)C)C2)S(=O)(=O)c2ccccc2[N+](=O)[O-])cc(OC)c1OC. The average molecular weight is 629 g/mol. The molecule has 1 aromatic heterocycles. The molecule has 2 heterocycles. The number of nitro groups is 1. The molecule has 0 radical (unpaired) electrons. The number of ether oxygens (including phenoxy) is 4. The zero-order chi connectivity index (χ0) is 32.2. The number of likely N-dealkylation sites (tertiary alicyclic amines) is 1. The van der Waals surface area contributed by atoms with Gasteiger partial charge in [0.15, 0.2) is 16.4 Å². The second-order valence-electron chi connectivity index (χ2n) is 11.1. The van der Waals surface area contributed by atoms with E-state index in [0.29, 0.717) is 40.5 Å². The van der Waals surface area contributed by atoms with Gasteiger partial charge in [0.05, 0.1) is 31.9 Å². The molecule has 1 aliphatic rings. The first-order valence-electron chi connectivity index (χ1n) is 13.8. The van der Waals surface area contributed by atoms with Crippen LogP contribution in [-0.4, -0.2) is 79.7 Å². The molecule has 1 fully saturated rings. The third-order valence-electron chi connectivity index (χ3n) is 7.03. The fourth-order valence-corrected chi connectivity index (χ4v) is 6.83. The van der Waals surface area contributed by atoms with E-state index in [1.807, 2.05) is 0 Å². The van der Waals surface area contributed by atoms with Gasteiger partial charge < -0.3 is 23.8 Å². The molecule has 0 unspecified atom stereocenters. The summed E-state index contributed by atoms with van der Waals surface area (Å²) in [6.45, 7) is 5.33. The Morgan fingerprint density at radius 3 is 2.32 bits per heavy atom. The number of hydrogen-bond donors (Lipinski definition) is 0. The summed E-state index contributed by atoms with van der Waals surface area (Å²) in [5.74, 6) is 1.14. The van der Waals surface area contributed by atoms with E-state index in [1.165, 1.54) is 48.7 Å². The summed E-state index contributed by atoms with van der Waals surface area (Å²) < 4.78 is 51.8. The van der Waals surface area contributed by atoms with Gasteiger partial charge in [-0.15, -0.1) is 0 Å². The zero-order valence-corrected chi connectivity index (χ0v) is 26.3. The Hall–Kier alpha value is -4.43. The van der Waals surface area contributed by atoms with Gasteiger partial charge in [0.1, 0.15) is 5.60 Å². The maximum absolute atomic E-state index is 14.3. The lowest BCUT2D eigenvalue weighted by atomic mass is 10.0. The predicted molar refractivity (Wildman–Crippen MR) is 161 cm³/mol. The second-order valence-corrected chi connectivity index (χ2v) is 12.9. The minimum atomic E-state index is -4.46. The smallest absolute Gasteiger partial charge is 0.410 e. The van der Waals surface area contributed by atoms with Crippen LogP contribution < -0.4 is 14.2 Å². The molecule has 0 N–H and O–H groups in total. The summed E-state index contributed by atoms with van der Waals surface area (Å²) >= 11 is 0. The molecule has 0 spiro atoms. The van der Waals surface area contributed by atoms with Crippen molar-refractivity contribution in [2.75, 3.05) is 34.4 Å². The summed E-state index contributed by atoms with van der Waals surface area (Å²) in [5.41, 5.74) is 0.239. The Balaban J connectivity index is 1.81. The number of nitro benzene ring substituents is 1. The van der Waals surface area contributed by atoms with E-state index in [2.05, 4.69) is 4.98 Å². The largest absolute Gasteiger partial charge is 0.493 e. The number of aromatic nitrogens is 1. The van der Waals surface area contributed by atoms with E-state index in [1.54, 1.807) is 51.2 Å². The topological polar surface area (TPSA) is 151 Å². The molecule has 13 nitrogen and oxygen atoms in total. The number of sulfonamides is 1. The number of hydrogen-bond acceptors (Lipinski definition) is 10. The summed E-state index contributed by atoms with van der Waals surface area (Å²) in [4.78, 5) is 29.6. The summed E-state index contributed by atoms with van der Waals surface area (Å²) in [6.07, 6.45) is 1.30. The predicted octanol–water partition coefficient (Wildman–Crippen LogP) is 4.88. The molecule has 0 aliphatic carbocycles. The monoisotopic (exact) mass is 628 g/mol. The summed E-state index contributed by atoms with van der Waals surface area (Å²) in [6, 6.07) is 11.3. The van der Waals surface area contributed by atoms with Crippen LogP contribution in [0.25, 0.3) is 11.3 Å². The highest BCUT2D eigenvalue weighted by Crippen LogP contribution is 2.42. The number of amides is 1. The first-order chi connectivity index (χ1) is 20.8.